The minimum absolute atomic E-state index is 0.164. The Bertz CT molecular complexity index is 925. The number of hydrogen-bond acceptors (Lipinski definition) is 3. The number of amides is 2. The predicted molar refractivity (Wildman–Crippen MR) is 117 cm³/mol. The maximum atomic E-state index is 13.5. The number of halogens is 1. The van der Waals surface area contributed by atoms with E-state index in [2.05, 4.69) is 4.98 Å². The van der Waals surface area contributed by atoms with E-state index < -0.39 is 11.2 Å². The summed E-state index contributed by atoms with van der Waals surface area (Å²) in [5.41, 5.74) is 0.992. The second-order valence-corrected chi connectivity index (χ2v) is 9.15. The van der Waals surface area contributed by atoms with E-state index in [4.69, 9.17) is 0 Å². The molecule has 2 amide bonds. The Morgan fingerprint density at radius 1 is 1.10 bits per heavy atom. The van der Waals surface area contributed by atoms with Gasteiger partial charge in [-0.15, -0.1) is 0 Å². The van der Waals surface area contributed by atoms with Crippen LogP contribution in [0.5, 0.6) is 0 Å². The molecule has 0 saturated carbocycles. The molecule has 4 rings (SSSR count). The van der Waals surface area contributed by atoms with Crippen molar-refractivity contribution in [2.24, 2.45) is 11.3 Å². The quantitative estimate of drug-likeness (QED) is 0.748. The number of hydrogen-bond donors (Lipinski definition) is 0. The number of rotatable bonds is 4. The molecule has 2 saturated heterocycles. The number of piperidine rings is 2. The van der Waals surface area contributed by atoms with E-state index in [0.29, 0.717) is 37.4 Å². The van der Waals surface area contributed by atoms with Crippen LogP contribution in [0.4, 0.5) is 4.39 Å². The minimum Gasteiger partial charge on any atom is -0.342 e. The van der Waals surface area contributed by atoms with Crippen molar-refractivity contribution in [2.45, 2.75) is 39.0 Å². The first kappa shape index (κ1) is 21.5. The number of pyridine rings is 1. The van der Waals surface area contributed by atoms with Gasteiger partial charge in [0.05, 0.1) is 0 Å². The zero-order valence-corrected chi connectivity index (χ0v) is 18.1. The van der Waals surface area contributed by atoms with Gasteiger partial charge < -0.3 is 9.80 Å². The first-order valence-corrected chi connectivity index (χ1v) is 11.2. The summed E-state index contributed by atoms with van der Waals surface area (Å²) in [5.74, 6) is 0.0672. The SMILES string of the molecule is CC1(C(=O)N2CCC[C@H](Cc3ccccn3)C2)CCN(C(=O)c2cccc(F)c2)CC1. The molecule has 1 aromatic heterocycles. The zero-order chi connectivity index (χ0) is 21.8. The molecule has 6 heteroatoms. The maximum absolute atomic E-state index is 13.5. The van der Waals surface area contributed by atoms with Crippen LogP contribution in [0, 0.1) is 17.2 Å². The van der Waals surface area contributed by atoms with E-state index in [1.54, 1.807) is 17.0 Å². The third-order valence-electron chi connectivity index (χ3n) is 6.77. The molecular formula is C25H30FN3O2. The molecule has 0 radical (unpaired) electrons. The Labute approximate surface area is 183 Å². The van der Waals surface area contributed by atoms with Crippen molar-refractivity contribution in [3.05, 3.63) is 65.7 Å². The number of carbonyl (C=O) groups is 2. The minimum atomic E-state index is -0.453. The van der Waals surface area contributed by atoms with Crippen molar-refractivity contribution >= 4 is 11.8 Å². The predicted octanol–water partition coefficient (Wildman–Crippen LogP) is 3.94. The van der Waals surface area contributed by atoms with Crippen LogP contribution in [0.15, 0.2) is 48.7 Å². The van der Waals surface area contributed by atoms with Crippen molar-refractivity contribution in [2.75, 3.05) is 26.2 Å². The van der Waals surface area contributed by atoms with Gasteiger partial charge in [-0.2, -0.15) is 0 Å². The smallest absolute Gasteiger partial charge is 0.253 e. The van der Waals surface area contributed by atoms with E-state index in [-0.39, 0.29) is 11.8 Å². The lowest BCUT2D eigenvalue weighted by atomic mass is 9.78. The highest BCUT2D eigenvalue weighted by Gasteiger charge is 2.41. The van der Waals surface area contributed by atoms with Crippen LogP contribution < -0.4 is 0 Å². The molecular weight excluding hydrogens is 393 g/mol. The summed E-state index contributed by atoms with van der Waals surface area (Å²) < 4.78 is 13.5. The summed E-state index contributed by atoms with van der Waals surface area (Å²) in [7, 11) is 0. The Morgan fingerprint density at radius 3 is 2.61 bits per heavy atom. The second kappa shape index (κ2) is 9.16. The highest BCUT2D eigenvalue weighted by molar-refractivity contribution is 5.94. The van der Waals surface area contributed by atoms with Gasteiger partial charge >= 0.3 is 0 Å². The number of benzene rings is 1. The molecule has 5 nitrogen and oxygen atoms in total. The molecule has 0 aliphatic carbocycles. The fraction of sp³-hybridized carbons (Fsp3) is 0.480. The highest BCUT2D eigenvalue weighted by Crippen LogP contribution is 2.35. The normalized spacial score (nSPS) is 21.0. The van der Waals surface area contributed by atoms with Crippen molar-refractivity contribution < 1.29 is 14.0 Å². The summed E-state index contributed by atoms with van der Waals surface area (Å²) in [6, 6.07) is 11.8. The molecule has 2 aliphatic rings. The molecule has 2 aromatic rings. The highest BCUT2D eigenvalue weighted by atomic mass is 19.1. The van der Waals surface area contributed by atoms with Gasteiger partial charge in [0.1, 0.15) is 5.82 Å². The molecule has 164 valence electrons. The van der Waals surface area contributed by atoms with E-state index in [9.17, 15) is 14.0 Å². The monoisotopic (exact) mass is 423 g/mol. The first-order valence-electron chi connectivity index (χ1n) is 11.2. The van der Waals surface area contributed by atoms with E-state index >= 15 is 0 Å². The number of carbonyl (C=O) groups excluding carboxylic acids is 2. The van der Waals surface area contributed by atoms with Gasteiger partial charge in [0.2, 0.25) is 5.91 Å². The van der Waals surface area contributed by atoms with Crippen molar-refractivity contribution in [3.63, 3.8) is 0 Å². The zero-order valence-electron chi connectivity index (χ0n) is 18.1. The van der Waals surface area contributed by atoms with Gasteiger partial charge in [0, 0.05) is 49.0 Å². The molecule has 0 unspecified atom stereocenters. The molecule has 1 atom stereocenters. The fourth-order valence-corrected chi connectivity index (χ4v) is 4.83. The fourth-order valence-electron chi connectivity index (χ4n) is 4.83. The van der Waals surface area contributed by atoms with Crippen LogP contribution in [-0.4, -0.2) is 52.8 Å². The standard InChI is InChI=1S/C25H30FN3O2/c1-25(10-14-28(15-11-25)23(30)20-7-4-8-21(26)17-20)24(31)29-13-5-6-19(18-29)16-22-9-2-3-12-27-22/h2-4,7-9,12,17,19H,5-6,10-11,13-16,18H2,1H3/t19-/m1/s1. The Kier molecular flexibility index (Phi) is 6.35. The maximum Gasteiger partial charge on any atom is 0.253 e. The molecule has 3 heterocycles. The van der Waals surface area contributed by atoms with Gasteiger partial charge in [-0.1, -0.05) is 19.1 Å². The molecule has 31 heavy (non-hydrogen) atoms. The van der Waals surface area contributed by atoms with Crippen LogP contribution >= 0.6 is 0 Å². The van der Waals surface area contributed by atoms with E-state index in [0.717, 1.165) is 38.0 Å². The van der Waals surface area contributed by atoms with Crippen LogP contribution in [0.1, 0.15) is 48.7 Å². The van der Waals surface area contributed by atoms with Crippen molar-refractivity contribution in [1.82, 2.24) is 14.8 Å². The molecule has 1 aromatic carbocycles. The lowest BCUT2D eigenvalue weighted by molar-refractivity contribution is -0.145. The van der Waals surface area contributed by atoms with Gasteiger partial charge in [0.15, 0.2) is 0 Å². The lowest BCUT2D eigenvalue weighted by Crippen LogP contribution is -2.52. The van der Waals surface area contributed by atoms with Gasteiger partial charge in [-0.3, -0.25) is 14.6 Å². The van der Waals surface area contributed by atoms with Crippen LogP contribution in [0.2, 0.25) is 0 Å². The number of likely N-dealkylation sites (tertiary alicyclic amines) is 2. The summed E-state index contributed by atoms with van der Waals surface area (Å²) in [6.45, 7) is 4.64. The third kappa shape index (κ3) is 4.94. The molecule has 0 spiro atoms. The average molecular weight is 424 g/mol. The van der Waals surface area contributed by atoms with Gasteiger partial charge in [0.25, 0.3) is 5.91 Å². The Morgan fingerprint density at radius 2 is 1.90 bits per heavy atom. The molecule has 2 fully saturated rings. The van der Waals surface area contributed by atoms with Crippen LogP contribution in [-0.2, 0) is 11.2 Å². The molecule has 0 N–H and O–H groups in total. The third-order valence-corrected chi connectivity index (χ3v) is 6.77. The lowest BCUT2D eigenvalue weighted by Gasteiger charge is -2.43. The molecule has 0 bridgehead atoms. The second-order valence-electron chi connectivity index (χ2n) is 9.15. The topological polar surface area (TPSA) is 53.5 Å². The van der Waals surface area contributed by atoms with Crippen LogP contribution in [0.3, 0.4) is 0 Å². The number of nitrogens with zero attached hydrogens (tertiary/aromatic N) is 3. The number of aromatic nitrogens is 1. The first-order chi connectivity index (χ1) is 14.9. The summed E-state index contributed by atoms with van der Waals surface area (Å²) in [4.78, 5) is 34.3. The molecule has 2 aliphatic heterocycles. The summed E-state index contributed by atoms with van der Waals surface area (Å²) in [6.07, 6.45) is 6.12. The van der Waals surface area contributed by atoms with E-state index in [1.165, 1.54) is 12.1 Å². The van der Waals surface area contributed by atoms with Crippen molar-refractivity contribution in [1.29, 1.82) is 0 Å². The largest absolute Gasteiger partial charge is 0.342 e. The average Bonchev–Trinajstić information content (AvgIpc) is 2.79. The van der Waals surface area contributed by atoms with Gasteiger partial charge in [-0.05, 0) is 68.4 Å². The van der Waals surface area contributed by atoms with Crippen molar-refractivity contribution in [3.8, 4) is 0 Å². The van der Waals surface area contributed by atoms with Gasteiger partial charge in [-0.25, -0.2) is 4.39 Å². The van der Waals surface area contributed by atoms with Crippen LogP contribution in [0.25, 0.3) is 0 Å². The van der Waals surface area contributed by atoms with E-state index in [1.807, 2.05) is 36.2 Å². The summed E-state index contributed by atoms with van der Waals surface area (Å²) >= 11 is 0. The Balaban J connectivity index is 1.35. The summed E-state index contributed by atoms with van der Waals surface area (Å²) in [5, 5.41) is 0. The Hall–Kier alpha value is -2.76.